The summed E-state index contributed by atoms with van der Waals surface area (Å²) in [5.74, 6) is -0.909. The van der Waals surface area contributed by atoms with E-state index in [1.165, 1.54) is 109 Å². The molecule has 0 spiro atoms. The van der Waals surface area contributed by atoms with E-state index in [0.717, 1.165) is 51.4 Å². The van der Waals surface area contributed by atoms with Crippen molar-refractivity contribution in [2.75, 3.05) is 26.4 Å². The Bertz CT molecular complexity index is 1120. The summed E-state index contributed by atoms with van der Waals surface area (Å²) in [6, 6.07) is 0. The van der Waals surface area contributed by atoms with Crippen LogP contribution in [0.2, 0.25) is 0 Å². The Morgan fingerprint density at radius 3 is 1.51 bits per heavy atom. The van der Waals surface area contributed by atoms with Crippen molar-refractivity contribution in [3.63, 3.8) is 0 Å². The van der Waals surface area contributed by atoms with E-state index in [0.29, 0.717) is 6.42 Å². The monoisotopic (exact) mass is 822 g/mol. The standard InChI is InChI=1S/C47H84NO8P/c1-3-5-7-9-11-13-15-17-18-19-20-21-22-23-24-25-26-28-29-31-33-35-37-39-46(49)53-43-45(44-55-57(51,52)54-42-41-48)56-47(50)40-38-36-34-32-30-27-16-14-12-10-8-6-4-2/h5,7,11,13,17-18,27,30,34,36,45H,3-4,6,8-10,12,14-16,19-26,28-29,31-33,35,37-44,48H2,1-2H3,(H,51,52)/b7-5+,13-11+,18-17+,30-27+,36-34+. The van der Waals surface area contributed by atoms with Gasteiger partial charge in [0, 0.05) is 19.4 Å². The van der Waals surface area contributed by atoms with E-state index in [-0.39, 0.29) is 32.6 Å². The van der Waals surface area contributed by atoms with Gasteiger partial charge in [-0.05, 0) is 64.2 Å². The zero-order chi connectivity index (χ0) is 41.8. The molecular formula is C47H84NO8P. The van der Waals surface area contributed by atoms with Gasteiger partial charge in [-0.1, -0.05) is 177 Å². The van der Waals surface area contributed by atoms with Gasteiger partial charge in [-0.15, -0.1) is 0 Å². The highest BCUT2D eigenvalue weighted by atomic mass is 31.2. The van der Waals surface area contributed by atoms with Gasteiger partial charge in [-0.3, -0.25) is 18.6 Å². The van der Waals surface area contributed by atoms with Crippen molar-refractivity contribution >= 4 is 19.8 Å². The molecular weight excluding hydrogens is 737 g/mol. The van der Waals surface area contributed by atoms with E-state index in [2.05, 4.69) is 62.5 Å². The van der Waals surface area contributed by atoms with Crippen LogP contribution in [0, 0.1) is 0 Å². The molecule has 0 aromatic carbocycles. The Morgan fingerprint density at radius 2 is 1.00 bits per heavy atom. The maximum atomic E-state index is 12.5. The largest absolute Gasteiger partial charge is 0.472 e. The molecule has 0 aliphatic rings. The molecule has 2 unspecified atom stereocenters. The lowest BCUT2D eigenvalue weighted by Gasteiger charge is -2.19. The van der Waals surface area contributed by atoms with Crippen LogP contribution in [0.15, 0.2) is 60.8 Å². The highest BCUT2D eigenvalue weighted by Crippen LogP contribution is 2.43. The molecule has 3 N–H and O–H groups in total. The normalized spacial score (nSPS) is 13.8. The van der Waals surface area contributed by atoms with Gasteiger partial charge in [0.15, 0.2) is 6.10 Å². The molecule has 0 aliphatic heterocycles. The second-order valence-corrected chi connectivity index (χ2v) is 16.3. The summed E-state index contributed by atoms with van der Waals surface area (Å²) >= 11 is 0. The lowest BCUT2D eigenvalue weighted by atomic mass is 10.0. The highest BCUT2D eigenvalue weighted by Gasteiger charge is 2.25. The van der Waals surface area contributed by atoms with Crippen LogP contribution in [-0.4, -0.2) is 49.3 Å². The van der Waals surface area contributed by atoms with Gasteiger partial charge in [0.1, 0.15) is 6.61 Å². The Morgan fingerprint density at radius 1 is 0.544 bits per heavy atom. The van der Waals surface area contributed by atoms with Crippen LogP contribution in [0.5, 0.6) is 0 Å². The van der Waals surface area contributed by atoms with Crippen LogP contribution < -0.4 is 5.73 Å². The fourth-order valence-corrected chi connectivity index (χ4v) is 6.82. The number of phosphoric acid groups is 1. The van der Waals surface area contributed by atoms with Crippen molar-refractivity contribution in [3.8, 4) is 0 Å². The SMILES string of the molecule is CC/C=C/C/C=C/C/C=C/CCCCCCCCCCCCCCCC(=O)OCC(COP(=O)(O)OCCN)OC(=O)CC/C=C/C/C=C/CCCCCCCC. The summed E-state index contributed by atoms with van der Waals surface area (Å²) in [4.78, 5) is 34.8. The number of phosphoric ester groups is 1. The number of ether oxygens (including phenoxy) is 2. The Labute approximate surface area is 349 Å². The summed E-state index contributed by atoms with van der Waals surface area (Å²) in [6.45, 7) is 3.55. The third-order valence-corrected chi connectivity index (χ3v) is 10.4. The lowest BCUT2D eigenvalue weighted by molar-refractivity contribution is -0.161. The van der Waals surface area contributed by atoms with Gasteiger partial charge in [-0.25, -0.2) is 4.57 Å². The van der Waals surface area contributed by atoms with Crippen LogP contribution >= 0.6 is 7.82 Å². The zero-order valence-electron chi connectivity index (χ0n) is 36.3. The van der Waals surface area contributed by atoms with Gasteiger partial charge >= 0.3 is 19.8 Å². The molecule has 0 heterocycles. The molecule has 0 radical (unpaired) electrons. The number of hydrogen-bond donors (Lipinski definition) is 2. The highest BCUT2D eigenvalue weighted by molar-refractivity contribution is 7.47. The third kappa shape index (κ3) is 43.1. The first-order valence-electron chi connectivity index (χ1n) is 22.8. The number of rotatable bonds is 42. The molecule has 330 valence electrons. The number of carbonyl (C=O) groups is 2. The average molecular weight is 822 g/mol. The maximum absolute atomic E-state index is 12.5. The first-order chi connectivity index (χ1) is 27.8. The Hall–Kier alpha value is -2.29. The number of unbranched alkanes of at least 4 members (excludes halogenated alkanes) is 19. The maximum Gasteiger partial charge on any atom is 0.472 e. The first-order valence-corrected chi connectivity index (χ1v) is 24.3. The van der Waals surface area contributed by atoms with E-state index in [1.54, 1.807) is 0 Å². The predicted molar refractivity (Wildman–Crippen MR) is 238 cm³/mol. The summed E-state index contributed by atoms with van der Waals surface area (Å²) < 4.78 is 32.7. The van der Waals surface area contributed by atoms with Crippen LogP contribution in [0.4, 0.5) is 0 Å². The summed E-state index contributed by atoms with van der Waals surface area (Å²) in [7, 11) is -4.39. The zero-order valence-corrected chi connectivity index (χ0v) is 37.2. The first kappa shape index (κ1) is 54.7. The van der Waals surface area contributed by atoms with Crippen molar-refractivity contribution in [1.82, 2.24) is 0 Å². The van der Waals surface area contributed by atoms with Crippen LogP contribution in [0.25, 0.3) is 0 Å². The molecule has 2 atom stereocenters. The van der Waals surface area contributed by atoms with Gasteiger partial charge in [-0.2, -0.15) is 0 Å². The van der Waals surface area contributed by atoms with Crippen molar-refractivity contribution in [1.29, 1.82) is 0 Å². The fourth-order valence-electron chi connectivity index (χ4n) is 6.05. The van der Waals surface area contributed by atoms with Crippen LogP contribution in [-0.2, 0) is 32.7 Å². The minimum Gasteiger partial charge on any atom is -0.462 e. The van der Waals surface area contributed by atoms with E-state index in [4.69, 9.17) is 24.3 Å². The number of esters is 2. The molecule has 0 aromatic heterocycles. The second-order valence-electron chi connectivity index (χ2n) is 14.9. The molecule has 0 aliphatic carbocycles. The van der Waals surface area contributed by atoms with Gasteiger partial charge in [0.2, 0.25) is 0 Å². The quantitative estimate of drug-likeness (QED) is 0.0267. The van der Waals surface area contributed by atoms with Gasteiger partial charge in [0.05, 0.1) is 13.2 Å². The Kier molecular flexibility index (Phi) is 41.6. The molecule has 0 fully saturated rings. The Balaban J connectivity index is 4.09. The molecule has 0 amide bonds. The second kappa shape index (κ2) is 43.3. The van der Waals surface area contributed by atoms with Crippen molar-refractivity contribution in [3.05, 3.63) is 60.8 Å². The van der Waals surface area contributed by atoms with Crippen molar-refractivity contribution < 1.29 is 37.6 Å². The average Bonchev–Trinajstić information content (AvgIpc) is 3.20. The van der Waals surface area contributed by atoms with Crippen LogP contribution in [0.1, 0.15) is 194 Å². The van der Waals surface area contributed by atoms with E-state index < -0.39 is 32.5 Å². The minimum absolute atomic E-state index is 0.0441. The van der Waals surface area contributed by atoms with Crippen LogP contribution in [0.3, 0.4) is 0 Å². The van der Waals surface area contributed by atoms with Crippen molar-refractivity contribution in [2.24, 2.45) is 5.73 Å². The summed E-state index contributed by atoms with van der Waals surface area (Å²) in [5, 5.41) is 0. The molecule has 9 nitrogen and oxygen atoms in total. The number of nitrogens with two attached hydrogens (primary N) is 1. The summed E-state index contributed by atoms with van der Waals surface area (Å²) in [5.41, 5.74) is 5.34. The molecule has 0 rings (SSSR count). The molecule has 0 aromatic rings. The van der Waals surface area contributed by atoms with Crippen molar-refractivity contribution in [2.45, 2.75) is 200 Å². The topological polar surface area (TPSA) is 134 Å². The number of hydrogen-bond acceptors (Lipinski definition) is 8. The molecule has 0 bridgehead atoms. The van der Waals surface area contributed by atoms with E-state index in [9.17, 15) is 19.0 Å². The van der Waals surface area contributed by atoms with Gasteiger partial charge in [0.25, 0.3) is 0 Å². The predicted octanol–water partition coefficient (Wildman–Crippen LogP) is 13.3. The molecule has 0 saturated heterocycles. The fraction of sp³-hybridized carbons (Fsp3) is 0.745. The molecule has 0 saturated carbocycles. The number of carbonyl (C=O) groups excluding carboxylic acids is 2. The third-order valence-electron chi connectivity index (χ3n) is 9.40. The molecule has 10 heteroatoms. The smallest absolute Gasteiger partial charge is 0.462 e. The molecule has 57 heavy (non-hydrogen) atoms. The van der Waals surface area contributed by atoms with Gasteiger partial charge < -0.3 is 20.1 Å². The number of allylic oxidation sites excluding steroid dienone is 10. The van der Waals surface area contributed by atoms with E-state index >= 15 is 0 Å². The lowest BCUT2D eigenvalue weighted by Crippen LogP contribution is -2.29. The minimum atomic E-state index is -4.39. The summed E-state index contributed by atoms with van der Waals surface area (Å²) in [6.07, 6.45) is 51.3. The van der Waals surface area contributed by atoms with E-state index in [1.807, 2.05) is 12.2 Å².